The number of hydrogen-bond acceptors (Lipinski definition) is 2. The molecule has 4 heteroatoms. The van der Waals surface area contributed by atoms with Gasteiger partial charge in [0.25, 0.3) is 0 Å². The quantitative estimate of drug-likeness (QED) is 0.486. The van der Waals surface area contributed by atoms with Crippen LogP contribution in [0.5, 0.6) is 5.75 Å². The Morgan fingerprint density at radius 2 is 1.97 bits per heavy atom. The van der Waals surface area contributed by atoms with E-state index < -0.39 is 5.97 Å². The van der Waals surface area contributed by atoms with Crippen LogP contribution >= 0.6 is 0 Å². The van der Waals surface area contributed by atoms with E-state index in [1.807, 2.05) is 24.3 Å². The van der Waals surface area contributed by atoms with E-state index in [2.05, 4.69) is 29.3 Å². The summed E-state index contributed by atoms with van der Waals surface area (Å²) >= 11 is 0. The van der Waals surface area contributed by atoms with Crippen molar-refractivity contribution in [2.24, 2.45) is 5.92 Å². The number of benzene rings is 2. The van der Waals surface area contributed by atoms with Crippen molar-refractivity contribution in [2.45, 2.75) is 51.0 Å². The lowest BCUT2D eigenvalue weighted by atomic mass is 9.81. The topological polar surface area (TPSA) is 51.5 Å². The first kappa shape index (κ1) is 19.9. The summed E-state index contributed by atoms with van der Waals surface area (Å²) in [5, 5.41) is 10.9. The Balaban J connectivity index is 1.83. The van der Waals surface area contributed by atoms with E-state index in [0.717, 1.165) is 29.8 Å². The average molecular weight is 416 g/mol. The molecule has 1 fully saturated rings. The summed E-state index contributed by atoms with van der Waals surface area (Å²) < 4.78 is 8.67. The van der Waals surface area contributed by atoms with Gasteiger partial charge in [-0.25, -0.2) is 4.79 Å². The number of rotatable bonds is 4. The molecule has 0 spiro atoms. The molecule has 1 aliphatic heterocycles. The van der Waals surface area contributed by atoms with Crippen LogP contribution < -0.4 is 4.74 Å². The van der Waals surface area contributed by atoms with Crippen LogP contribution in [0.1, 0.15) is 60.4 Å². The first-order chi connectivity index (χ1) is 15.2. The zero-order valence-corrected chi connectivity index (χ0v) is 17.8. The fourth-order valence-corrected chi connectivity index (χ4v) is 5.48. The van der Waals surface area contributed by atoms with E-state index in [1.165, 1.54) is 48.7 Å². The zero-order chi connectivity index (χ0) is 21.4. The van der Waals surface area contributed by atoms with Gasteiger partial charge in [0.15, 0.2) is 0 Å². The van der Waals surface area contributed by atoms with Crippen molar-refractivity contribution in [1.29, 1.82) is 0 Å². The van der Waals surface area contributed by atoms with Gasteiger partial charge in [0.05, 0.1) is 17.9 Å². The van der Waals surface area contributed by atoms with Gasteiger partial charge in [-0.15, -0.1) is 6.58 Å². The summed E-state index contributed by atoms with van der Waals surface area (Å²) in [5.74, 6) is 0.811. The van der Waals surface area contributed by atoms with Gasteiger partial charge in [-0.05, 0) is 55.0 Å². The molecular weight excluding hydrogens is 386 g/mol. The lowest BCUT2D eigenvalue weighted by molar-refractivity contribution is 0.0697. The minimum absolute atomic E-state index is 0.285. The summed E-state index contributed by atoms with van der Waals surface area (Å²) in [6.07, 6.45) is 8.99. The van der Waals surface area contributed by atoms with Gasteiger partial charge in [0, 0.05) is 28.9 Å². The number of carbonyl (C=O) groups is 1. The number of fused-ring (bicyclic) bond motifs is 5. The third kappa shape index (κ3) is 3.54. The molecular formula is C27H29NO3. The van der Waals surface area contributed by atoms with Gasteiger partial charge in [0.2, 0.25) is 0 Å². The largest absolute Gasteiger partial charge is 0.493 e. The number of allylic oxidation sites excluding steroid dienone is 1. The predicted molar refractivity (Wildman–Crippen MR) is 124 cm³/mol. The third-order valence-corrected chi connectivity index (χ3v) is 6.92. The highest BCUT2D eigenvalue weighted by atomic mass is 16.5. The molecule has 1 aliphatic carbocycles. The van der Waals surface area contributed by atoms with Gasteiger partial charge in [-0.1, -0.05) is 43.5 Å². The van der Waals surface area contributed by atoms with Crippen molar-refractivity contribution in [3.8, 4) is 17.0 Å². The number of aromatic nitrogens is 1. The molecule has 0 amide bonds. The zero-order valence-electron chi connectivity index (χ0n) is 17.8. The fraction of sp³-hybridized carbons (Fsp3) is 0.370. The van der Waals surface area contributed by atoms with Gasteiger partial charge in [-0.3, -0.25) is 0 Å². The standard InChI is InChI=1S/C27H29NO3/c1-2-8-18-16-28-23-15-20(27(29)30)13-14-21(23)25(19-9-4-3-5-10-19)26(28)22-11-6-7-12-24(22)31-17-18/h2,6-7,11-15,18-19H,1,3-5,8-10,16-17H2,(H,29,30)/t18-/m1/s1. The third-order valence-electron chi connectivity index (χ3n) is 6.92. The molecule has 0 unspecified atom stereocenters. The van der Waals surface area contributed by atoms with E-state index in [1.54, 1.807) is 6.07 Å². The molecule has 160 valence electrons. The van der Waals surface area contributed by atoms with Crippen molar-refractivity contribution in [3.63, 3.8) is 0 Å². The summed E-state index contributed by atoms with van der Waals surface area (Å²) in [7, 11) is 0. The van der Waals surface area contributed by atoms with Crippen molar-refractivity contribution in [2.75, 3.05) is 6.61 Å². The van der Waals surface area contributed by atoms with Crippen LogP contribution in [0.2, 0.25) is 0 Å². The number of carboxylic acids is 1. The lowest BCUT2D eigenvalue weighted by Crippen LogP contribution is -2.21. The molecule has 2 aliphatic rings. The fourth-order valence-electron chi connectivity index (χ4n) is 5.48. The molecule has 0 saturated heterocycles. The van der Waals surface area contributed by atoms with Crippen LogP contribution in [-0.4, -0.2) is 22.2 Å². The number of para-hydroxylation sites is 1. The Bertz CT molecular complexity index is 1140. The van der Waals surface area contributed by atoms with Gasteiger partial charge in [-0.2, -0.15) is 0 Å². The van der Waals surface area contributed by atoms with Crippen LogP contribution in [0.3, 0.4) is 0 Å². The maximum atomic E-state index is 11.8. The first-order valence-corrected chi connectivity index (χ1v) is 11.4. The lowest BCUT2D eigenvalue weighted by Gasteiger charge is -2.27. The number of hydrogen-bond donors (Lipinski definition) is 1. The van der Waals surface area contributed by atoms with E-state index in [9.17, 15) is 9.90 Å². The number of aromatic carboxylic acids is 1. The van der Waals surface area contributed by atoms with Crippen LogP contribution in [-0.2, 0) is 6.54 Å². The van der Waals surface area contributed by atoms with Crippen molar-refractivity contribution >= 4 is 16.9 Å². The molecule has 0 bridgehead atoms. The summed E-state index contributed by atoms with van der Waals surface area (Å²) in [4.78, 5) is 11.8. The Morgan fingerprint density at radius 3 is 2.74 bits per heavy atom. The number of carboxylic acid groups (broad SMARTS) is 1. The van der Waals surface area contributed by atoms with Crippen LogP contribution in [0.25, 0.3) is 22.2 Å². The minimum atomic E-state index is -0.881. The van der Waals surface area contributed by atoms with Gasteiger partial charge < -0.3 is 14.4 Å². The van der Waals surface area contributed by atoms with Crippen LogP contribution in [0.4, 0.5) is 0 Å². The summed E-state index contributed by atoms with van der Waals surface area (Å²) in [6.45, 7) is 5.36. The number of ether oxygens (including phenoxy) is 1. The molecule has 1 saturated carbocycles. The monoisotopic (exact) mass is 415 g/mol. The van der Waals surface area contributed by atoms with Crippen molar-refractivity contribution in [1.82, 2.24) is 4.57 Å². The van der Waals surface area contributed by atoms with E-state index in [4.69, 9.17) is 4.74 Å². The minimum Gasteiger partial charge on any atom is -0.493 e. The second-order valence-electron chi connectivity index (χ2n) is 8.94. The first-order valence-electron chi connectivity index (χ1n) is 11.4. The molecule has 2 heterocycles. The molecule has 5 rings (SSSR count). The highest BCUT2D eigenvalue weighted by molar-refractivity contribution is 5.98. The molecule has 2 aromatic carbocycles. The smallest absolute Gasteiger partial charge is 0.335 e. The Morgan fingerprint density at radius 1 is 1.16 bits per heavy atom. The summed E-state index contributed by atoms with van der Waals surface area (Å²) in [6, 6.07) is 14.0. The highest BCUT2D eigenvalue weighted by Gasteiger charge is 2.30. The van der Waals surface area contributed by atoms with Crippen LogP contribution in [0.15, 0.2) is 55.1 Å². The molecule has 0 radical (unpaired) electrons. The summed E-state index contributed by atoms with van der Waals surface area (Å²) in [5.41, 5.74) is 5.08. The second kappa shape index (κ2) is 8.26. The van der Waals surface area contributed by atoms with E-state index in [0.29, 0.717) is 18.1 Å². The van der Waals surface area contributed by atoms with E-state index >= 15 is 0 Å². The molecule has 1 N–H and O–H groups in total. The van der Waals surface area contributed by atoms with Crippen molar-refractivity contribution < 1.29 is 14.6 Å². The number of nitrogens with zero attached hydrogens (tertiary/aromatic N) is 1. The molecule has 31 heavy (non-hydrogen) atoms. The molecule has 4 nitrogen and oxygen atoms in total. The molecule has 1 atom stereocenters. The Kier molecular flexibility index (Phi) is 5.31. The second-order valence-corrected chi connectivity index (χ2v) is 8.94. The maximum Gasteiger partial charge on any atom is 0.335 e. The molecule has 1 aromatic heterocycles. The average Bonchev–Trinajstić information content (AvgIpc) is 3.09. The Hall–Kier alpha value is -3.01. The van der Waals surface area contributed by atoms with Gasteiger partial charge in [0.1, 0.15) is 5.75 Å². The van der Waals surface area contributed by atoms with Crippen molar-refractivity contribution in [3.05, 3.63) is 66.2 Å². The Labute approximate surface area is 183 Å². The maximum absolute atomic E-state index is 11.8. The van der Waals surface area contributed by atoms with E-state index in [-0.39, 0.29) is 5.92 Å². The van der Waals surface area contributed by atoms with Gasteiger partial charge >= 0.3 is 5.97 Å². The molecule has 3 aromatic rings. The SMILES string of the molecule is C=CC[C@H]1COc2ccccc2-c2c(C3CCCCC3)c3ccc(C(=O)O)cc3n2C1. The normalized spacial score (nSPS) is 19.0. The highest BCUT2D eigenvalue weighted by Crippen LogP contribution is 2.47. The predicted octanol–water partition coefficient (Wildman–Crippen LogP) is 6.64. The van der Waals surface area contributed by atoms with Crippen LogP contribution in [0, 0.1) is 5.92 Å².